The van der Waals surface area contributed by atoms with Crippen LogP contribution in [0.1, 0.15) is 5.56 Å². The van der Waals surface area contributed by atoms with Crippen LogP contribution < -0.4 is 9.80 Å². The molecular weight excluding hydrogens is 301 g/mol. The molecule has 2 aromatic carbocycles. The fraction of sp³-hybridized carbons (Fsp3) is 0.235. The lowest BCUT2D eigenvalue weighted by Crippen LogP contribution is -2.46. The SMILES string of the molecule is N#Cc1ccc(N2CCN(c3ccc(F)cc3)CC2)cc1Cl. The van der Waals surface area contributed by atoms with E-state index in [1.807, 2.05) is 24.3 Å². The van der Waals surface area contributed by atoms with Gasteiger partial charge in [-0.2, -0.15) is 5.26 Å². The van der Waals surface area contributed by atoms with Gasteiger partial charge in [0, 0.05) is 37.6 Å². The molecule has 1 heterocycles. The third-order valence-electron chi connectivity index (χ3n) is 3.91. The van der Waals surface area contributed by atoms with Crippen molar-refractivity contribution in [3.63, 3.8) is 0 Å². The summed E-state index contributed by atoms with van der Waals surface area (Å²) in [5.74, 6) is -0.213. The predicted octanol–water partition coefficient (Wildman–Crippen LogP) is 3.68. The monoisotopic (exact) mass is 315 g/mol. The van der Waals surface area contributed by atoms with Crippen molar-refractivity contribution in [2.45, 2.75) is 0 Å². The molecule has 112 valence electrons. The Morgan fingerprint density at radius 2 is 1.45 bits per heavy atom. The van der Waals surface area contributed by atoms with E-state index in [4.69, 9.17) is 16.9 Å². The van der Waals surface area contributed by atoms with Crippen molar-refractivity contribution >= 4 is 23.0 Å². The fourth-order valence-electron chi connectivity index (χ4n) is 2.67. The zero-order valence-corrected chi connectivity index (χ0v) is 12.7. The average molecular weight is 316 g/mol. The highest BCUT2D eigenvalue weighted by molar-refractivity contribution is 6.32. The van der Waals surface area contributed by atoms with Crippen LogP contribution >= 0.6 is 11.6 Å². The molecule has 0 unspecified atom stereocenters. The summed E-state index contributed by atoms with van der Waals surface area (Å²) in [6, 6.07) is 14.2. The second-order valence-electron chi connectivity index (χ2n) is 5.23. The van der Waals surface area contributed by atoms with Crippen molar-refractivity contribution in [2.24, 2.45) is 0 Å². The highest BCUT2D eigenvalue weighted by atomic mass is 35.5. The summed E-state index contributed by atoms with van der Waals surface area (Å²) < 4.78 is 13.0. The molecular formula is C17H15ClFN3. The first kappa shape index (κ1) is 14.7. The number of hydrogen-bond acceptors (Lipinski definition) is 3. The molecule has 1 fully saturated rings. The summed E-state index contributed by atoms with van der Waals surface area (Å²) in [6.07, 6.45) is 0. The molecule has 0 bridgehead atoms. The number of benzene rings is 2. The first-order valence-corrected chi connectivity index (χ1v) is 7.50. The molecule has 5 heteroatoms. The van der Waals surface area contributed by atoms with Gasteiger partial charge in [-0.3, -0.25) is 0 Å². The Labute approximate surface area is 134 Å². The van der Waals surface area contributed by atoms with Gasteiger partial charge in [0.25, 0.3) is 0 Å². The molecule has 0 radical (unpaired) electrons. The summed E-state index contributed by atoms with van der Waals surface area (Å²) in [6.45, 7) is 3.45. The minimum absolute atomic E-state index is 0.213. The first-order chi connectivity index (χ1) is 10.7. The largest absolute Gasteiger partial charge is 0.368 e. The number of rotatable bonds is 2. The number of halogens is 2. The number of hydrogen-bond donors (Lipinski definition) is 0. The van der Waals surface area contributed by atoms with Crippen LogP contribution in [-0.2, 0) is 0 Å². The molecule has 22 heavy (non-hydrogen) atoms. The second kappa shape index (κ2) is 6.25. The smallest absolute Gasteiger partial charge is 0.123 e. The van der Waals surface area contributed by atoms with E-state index in [1.165, 1.54) is 12.1 Å². The molecule has 1 aliphatic rings. The van der Waals surface area contributed by atoms with Crippen LogP contribution in [-0.4, -0.2) is 26.2 Å². The summed E-state index contributed by atoms with van der Waals surface area (Å²) in [5, 5.41) is 9.41. The van der Waals surface area contributed by atoms with Crippen molar-refractivity contribution in [1.29, 1.82) is 5.26 Å². The molecule has 0 aromatic heterocycles. The van der Waals surface area contributed by atoms with Gasteiger partial charge in [-0.1, -0.05) is 11.6 Å². The molecule has 0 spiro atoms. The Kier molecular flexibility index (Phi) is 4.17. The fourth-order valence-corrected chi connectivity index (χ4v) is 2.88. The van der Waals surface area contributed by atoms with Crippen LogP contribution in [0.3, 0.4) is 0 Å². The second-order valence-corrected chi connectivity index (χ2v) is 5.63. The minimum Gasteiger partial charge on any atom is -0.368 e. The van der Waals surface area contributed by atoms with Gasteiger partial charge >= 0.3 is 0 Å². The van der Waals surface area contributed by atoms with Crippen LogP contribution in [0, 0.1) is 17.1 Å². The van der Waals surface area contributed by atoms with Gasteiger partial charge in [0.15, 0.2) is 0 Å². The lowest BCUT2D eigenvalue weighted by atomic mass is 10.2. The Morgan fingerprint density at radius 3 is 2.00 bits per heavy atom. The third-order valence-corrected chi connectivity index (χ3v) is 4.22. The van der Waals surface area contributed by atoms with Crippen LogP contribution in [0.5, 0.6) is 0 Å². The molecule has 0 saturated carbocycles. The maximum absolute atomic E-state index is 13.0. The van der Waals surface area contributed by atoms with Gasteiger partial charge in [-0.05, 0) is 42.5 Å². The highest BCUT2D eigenvalue weighted by Crippen LogP contribution is 2.25. The van der Waals surface area contributed by atoms with Crippen molar-refractivity contribution in [3.05, 3.63) is 58.9 Å². The summed E-state index contributed by atoms with van der Waals surface area (Å²) in [5.41, 5.74) is 2.57. The Morgan fingerprint density at radius 1 is 0.909 bits per heavy atom. The maximum atomic E-state index is 13.0. The molecule has 0 atom stereocenters. The lowest BCUT2D eigenvalue weighted by Gasteiger charge is -2.37. The van der Waals surface area contributed by atoms with Crippen LogP contribution in [0.25, 0.3) is 0 Å². The van der Waals surface area contributed by atoms with Gasteiger partial charge in [0.2, 0.25) is 0 Å². The van der Waals surface area contributed by atoms with E-state index in [0.717, 1.165) is 37.6 Å². The summed E-state index contributed by atoms with van der Waals surface area (Å²) >= 11 is 6.09. The van der Waals surface area contributed by atoms with Crippen molar-refractivity contribution in [2.75, 3.05) is 36.0 Å². The molecule has 0 aliphatic carbocycles. The Bertz CT molecular complexity index is 701. The van der Waals surface area contributed by atoms with E-state index < -0.39 is 0 Å². The van der Waals surface area contributed by atoms with E-state index in [9.17, 15) is 4.39 Å². The van der Waals surface area contributed by atoms with Gasteiger partial charge in [-0.15, -0.1) is 0 Å². The number of nitrogens with zero attached hydrogens (tertiary/aromatic N) is 3. The summed E-state index contributed by atoms with van der Waals surface area (Å²) in [4.78, 5) is 4.48. The molecule has 3 rings (SSSR count). The Balaban J connectivity index is 1.68. The van der Waals surface area contributed by atoms with Crippen molar-refractivity contribution in [1.82, 2.24) is 0 Å². The maximum Gasteiger partial charge on any atom is 0.123 e. The van der Waals surface area contributed by atoms with E-state index in [0.29, 0.717) is 10.6 Å². The van der Waals surface area contributed by atoms with Gasteiger partial charge < -0.3 is 9.80 Å². The number of nitriles is 1. The zero-order chi connectivity index (χ0) is 15.5. The predicted molar refractivity (Wildman–Crippen MR) is 87.0 cm³/mol. The van der Waals surface area contributed by atoms with Crippen molar-refractivity contribution in [3.8, 4) is 6.07 Å². The molecule has 0 amide bonds. The molecule has 2 aromatic rings. The van der Waals surface area contributed by atoms with E-state index in [1.54, 1.807) is 6.07 Å². The van der Waals surface area contributed by atoms with Crippen LogP contribution in [0.15, 0.2) is 42.5 Å². The molecule has 3 nitrogen and oxygen atoms in total. The normalized spacial score (nSPS) is 14.8. The number of piperazine rings is 1. The minimum atomic E-state index is -0.213. The van der Waals surface area contributed by atoms with Crippen LogP contribution in [0.4, 0.5) is 15.8 Å². The number of anilines is 2. The lowest BCUT2D eigenvalue weighted by molar-refractivity contribution is 0.625. The van der Waals surface area contributed by atoms with E-state index >= 15 is 0 Å². The van der Waals surface area contributed by atoms with Crippen LogP contribution in [0.2, 0.25) is 5.02 Å². The topological polar surface area (TPSA) is 30.3 Å². The van der Waals surface area contributed by atoms with Gasteiger partial charge in [0.1, 0.15) is 11.9 Å². The Hall–Kier alpha value is -2.25. The first-order valence-electron chi connectivity index (χ1n) is 7.12. The van der Waals surface area contributed by atoms with E-state index in [2.05, 4.69) is 15.9 Å². The molecule has 0 N–H and O–H groups in total. The molecule has 1 saturated heterocycles. The van der Waals surface area contributed by atoms with Gasteiger partial charge in [0.05, 0.1) is 10.6 Å². The highest BCUT2D eigenvalue weighted by Gasteiger charge is 2.18. The molecule has 1 aliphatic heterocycles. The zero-order valence-electron chi connectivity index (χ0n) is 12.0. The van der Waals surface area contributed by atoms with Crippen molar-refractivity contribution < 1.29 is 4.39 Å². The quantitative estimate of drug-likeness (QED) is 0.847. The van der Waals surface area contributed by atoms with E-state index in [-0.39, 0.29) is 5.82 Å². The van der Waals surface area contributed by atoms with Gasteiger partial charge in [-0.25, -0.2) is 4.39 Å². The standard InChI is InChI=1S/C17H15ClFN3/c18-17-11-16(4-1-13(17)12-20)22-9-7-21(8-10-22)15-5-2-14(19)3-6-15/h1-6,11H,7-10H2. The summed E-state index contributed by atoms with van der Waals surface area (Å²) in [7, 11) is 0. The average Bonchev–Trinajstić information content (AvgIpc) is 2.56. The third kappa shape index (κ3) is 3.00.